The Hall–Kier alpha value is -2.16. The van der Waals surface area contributed by atoms with Crippen LogP contribution in [0.5, 0.6) is 0 Å². The summed E-state index contributed by atoms with van der Waals surface area (Å²) in [6, 6.07) is 0.361. The normalized spacial score (nSPS) is 10.4. The van der Waals surface area contributed by atoms with Gasteiger partial charge in [-0.15, -0.1) is 0 Å². The molecule has 0 saturated carbocycles. The Morgan fingerprint density at radius 2 is 2.00 bits per heavy atom. The number of nitro benzene ring substituents is 1. The van der Waals surface area contributed by atoms with Crippen molar-refractivity contribution in [2.24, 2.45) is 0 Å². The van der Waals surface area contributed by atoms with Crippen LogP contribution in [0.4, 0.5) is 18.9 Å². The number of halogens is 3. The highest BCUT2D eigenvalue weighted by Gasteiger charge is 2.28. The first-order valence-electron chi connectivity index (χ1n) is 5.49. The number of rotatable bonds is 6. The van der Waals surface area contributed by atoms with E-state index in [1.807, 2.05) is 0 Å². The fourth-order valence-corrected chi connectivity index (χ4v) is 1.40. The highest BCUT2D eigenvalue weighted by molar-refractivity contribution is 5.95. The molecule has 0 saturated heterocycles. The smallest absolute Gasteiger partial charge is 0.308 e. The number of methoxy groups -OCH3 is 1. The van der Waals surface area contributed by atoms with Gasteiger partial charge in [-0.1, -0.05) is 0 Å². The third kappa shape index (κ3) is 3.44. The van der Waals surface area contributed by atoms with E-state index in [0.29, 0.717) is 19.1 Å². The van der Waals surface area contributed by atoms with Crippen LogP contribution in [0.2, 0.25) is 0 Å². The lowest BCUT2D eigenvalue weighted by molar-refractivity contribution is -0.387. The van der Waals surface area contributed by atoms with E-state index in [-0.39, 0.29) is 6.54 Å². The zero-order chi connectivity index (χ0) is 15.3. The van der Waals surface area contributed by atoms with Crippen LogP contribution in [0, 0.1) is 27.6 Å². The Kier molecular flexibility index (Phi) is 5.44. The first-order chi connectivity index (χ1) is 9.40. The van der Waals surface area contributed by atoms with E-state index in [1.165, 1.54) is 7.11 Å². The van der Waals surface area contributed by atoms with Gasteiger partial charge in [0, 0.05) is 26.3 Å². The van der Waals surface area contributed by atoms with Gasteiger partial charge in [0.05, 0.1) is 10.5 Å². The number of nitrogens with one attached hydrogen (secondary N) is 1. The first-order valence-corrected chi connectivity index (χ1v) is 5.49. The fraction of sp³-hybridized carbons (Fsp3) is 0.364. The predicted molar refractivity (Wildman–Crippen MR) is 61.8 cm³/mol. The van der Waals surface area contributed by atoms with Gasteiger partial charge in [-0.25, -0.2) is 8.78 Å². The minimum Gasteiger partial charge on any atom is -0.385 e. The maximum absolute atomic E-state index is 13.4. The molecule has 0 unspecified atom stereocenters. The van der Waals surface area contributed by atoms with E-state index in [4.69, 9.17) is 4.74 Å². The van der Waals surface area contributed by atoms with Gasteiger partial charge in [-0.05, 0) is 6.42 Å². The lowest BCUT2D eigenvalue weighted by Crippen LogP contribution is -2.26. The zero-order valence-corrected chi connectivity index (χ0v) is 10.4. The van der Waals surface area contributed by atoms with Gasteiger partial charge in [0.2, 0.25) is 11.6 Å². The number of nitrogens with zero attached hydrogens (tertiary/aromatic N) is 1. The van der Waals surface area contributed by atoms with Crippen LogP contribution in [-0.4, -0.2) is 31.1 Å². The molecule has 1 rings (SSSR count). The summed E-state index contributed by atoms with van der Waals surface area (Å²) in [5.41, 5.74) is -2.22. The Labute approximate surface area is 111 Å². The summed E-state index contributed by atoms with van der Waals surface area (Å²) in [5, 5.41) is 12.7. The van der Waals surface area contributed by atoms with Crippen LogP contribution in [0.1, 0.15) is 16.8 Å². The molecular weight excluding hydrogens is 281 g/mol. The average Bonchev–Trinajstić information content (AvgIpc) is 2.40. The van der Waals surface area contributed by atoms with Gasteiger partial charge in [-0.2, -0.15) is 4.39 Å². The van der Waals surface area contributed by atoms with E-state index in [0.717, 1.165) is 0 Å². The van der Waals surface area contributed by atoms with Crippen molar-refractivity contribution in [3.63, 3.8) is 0 Å². The van der Waals surface area contributed by atoms with Crippen molar-refractivity contribution in [3.05, 3.63) is 39.2 Å². The fourth-order valence-electron chi connectivity index (χ4n) is 1.40. The van der Waals surface area contributed by atoms with Crippen molar-refractivity contribution in [1.29, 1.82) is 0 Å². The van der Waals surface area contributed by atoms with Gasteiger partial charge < -0.3 is 10.1 Å². The molecule has 110 valence electrons. The Morgan fingerprint density at radius 3 is 2.55 bits per heavy atom. The number of hydrogen-bond donors (Lipinski definition) is 1. The molecule has 0 spiro atoms. The molecule has 1 N–H and O–H groups in total. The van der Waals surface area contributed by atoms with Crippen molar-refractivity contribution < 1.29 is 27.6 Å². The van der Waals surface area contributed by atoms with E-state index in [2.05, 4.69) is 5.32 Å². The summed E-state index contributed by atoms with van der Waals surface area (Å²) in [5.74, 6) is -6.83. The topological polar surface area (TPSA) is 81.5 Å². The molecule has 20 heavy (non-hydrogen) atoms. The summed E-state index contributed by atoms with van der Waals surface area (Å²) in [6.07, 6.45) is 0.412. The lowest BCUT2D eigenvalue weighted by atomic mass is 10.1. The van der Waals surface area contributed by atoms with E-state index in [9.17, 15) is 28.1 Å². The molecule has 0 heterocycles. The van der Waals surface area contributed by atoms with Gasteiger partial charge in [0.25, 0.3) is 5.91 Å². The van der Waals surface area contributed by atoms with Gasteiger partial charge in [0.15, 0.2) is 5.82 Å². The van der Waals surface area contributed by atoms with Crippen LogP contribution >= 0.6 is 0 Å². The standard InChI is InChI=1S/C11H11F3N2O4/c1-20-4-2-3-15-11(17)6-5-7(16(18)19)9(13)10(14)8(6)12/h5H,2-4H2,1H3,(H,15,17). The van der Waals surface area contributed by atoms with Crippen LogP contribution < -0.4 is 5.32 Å². The molecule has 0 aliphatic carbocycles. The molecule has 0 atom stereocenters. The number of carbonyl (C=O) groups excluding carboxylic acids is 1. The Bertz CT molecular complexity index is 537. The van der Waals surface area contributed by atoms with Crippen LogP contribution in [0.25, 0.3) is 0 Å². The number of benzene rings is 1. The number of ether oxygens (including phenoxy) is 1. The predicted octanol–water partition coefficient (Wildman–Crippen LogP) is 1.78. The second-order valence-corrected chi connectivity index (χ2v) is 3.74. The number of amides is 1. The third-order valence-corrected chi connectivity index (χ3v) is 2.38. The van der Waals surface area contributed by atoms with Gasteiger partial charge in [0.1, 0.15) is 0 Å². The van der Waals surface area contributed by atoms with Crippen molar-refractivity contribution >= 4 is 11.6 Å². The van der Waals surface area contributed by atoms with Crippen LogP contribution in [-0.2, 0) is 4.74 Å². The molecule has 0 aliphatic rings. The monoisotopic (exact) mass is 292 g/mol. The molecule has 0 radical (unpaired) electrons. The molecular formula is C11H11F3N2O4. The maximum Gasteiger partial charge on any atom is 0.308 e. The summed E-state index contributed by atoms with van der Waals surface area (Å²) in [7, 11) is 1.44. The second-order valence-electron chi connectivity index (χ2n) is 3.74. The molecule has 0 aliphatic heterocycles. The summed E-state index contributed by atoms with van der Waals surface area (Å²) < 4.78 is 44.4. The molecule has 0 fully saturated rings. The van der Waals surface area contributed by atoms with E-state index >= 15 is 0 Å². The quantitative estimate of drug-likeness (QED) is 0.375. The van der Waals surface area contributed by atoms with Crippen LogP contribution in [0.15, 0.2) is 6.07 Å². The maximum atomic E-state index is 13.4. The molecule has 0 aromatic heterocycles. The summed E-state index contributed by atoms with van der Waals surface area (Å²) in [6.45, 7) is 0.430. The Morgan fingerprint density at radius 1 is 1.35 bits per heavy atom. The minimum atomic E-state index is -2.05. The zero-order valence-electron chi connectivity index (χ0n) is 10.4. The molecule has 1 aromatic carbocycles. The number of carbonyl (C=O) groups is 1. The van der Waals surface area contributed by atoms with E-state index in [1.54, 1.807) is 0 Å². The van der Waals surface area contributed by atoms with E-state index < -0.39 is 39.5 Å². The lowest BCUT2D eigenvalue weighted by Gasteiger charge is -2.07. The molecule has 1 aromatic rings. The molecule has 6 nitrogen and oxygen atoms in total. The highest BCUT2D eigenvalue weighted by atomic mass is 19.2. The molecule has 0 bridgehead atoms. The summed E-state index contributed by atoms with van der Waals surface area (Å²) >= 11 is 0. The van der Waals surface area contributed by atoms with Crippen molar-refractivity contribution in [3.8, 4) is 0 Å². The SMILES string of the molecule is COCCCNC(=O)c1cc([N+](=O)[O-])c(F)c(F)c1F. The van der Waals surface area contributed by atoms with Crippen LogP contribution in [0.3, 0.4) is 0 Å². The largest absolute Gasteiger partial charge is 0.385 e. The van der Waals surface area contributed by atoms with Crippen molar-refractivity contribution in [2.45, 2.75) is 6.42 Å². The Balaban J connectivity index is 3.00. The molecule has 9 heteroatoms. The number of nitro groups is 1. The number of hydrogen-bond acceptors (Lipinski definition) is 4. The highest BCUT2D eigenvalue weighted by Crippen LogP contribution is 2.25. The van der Waals surface area contributed by atoms with Gasteiger partial charge >= 0.3 is 5.69 Å². The van der Waals surface area contributed by atoms with Crippen molar-refractivity contribution in [2.75, 3.05) is 20.3 Å². The second kappa shape index (κ2) is 6.85. The third-order valence-electron chi connectivity index (χ3n) is 2.38. The minimum absolute atomic E-state index is 0.0961. The average molecular weight is 292 g/mol. The summed E-state index contributed by atoms with van der Waals surface area (Å²) in [4.78, 5) is 20.8. The first kappa shape index (κ1) is 15.9. The van der Waals surface area contributed by atoms with Gasteiger partial charge in [-0.3, -0.25) is 14.9 Å². The molecule has 1 amide bonds. The van der Waals surface area contributed by atoms with Crippen molar-refractivity contribution in [1.82, 2.24) is 5.32 Å².